The maximum atomic E-state index is 11.4. The van der Waals surface area contributed by atoms with Crippen LogP contribution in [-0.2, 0) is 4.79 Å². The molecule has 0 fully saturated rings. The largest absolute Gasteiger partial charge is 0.479 e. The SMILES string of the molecule is C#CCNC(=O)C(C)Oc1ccc(C=O)nc1. The third kappa shape index (κ3) is 3.95. The average molecular weight is 232 g/mol. The molecule has 1 heterocycles. The van der Waals surface area contributed by atoms with Gasteiger partial charge in [0.05, 0.1) is 12.7 Å². The molecule has 0 aromatic carbocycles. The number of nitrogens with one attached hydrogen (secondary N) is 1. The van der Waals surface area contributed by atoms with Crippen molar-refractivity contribution in [3.63, 3.8) is 0 Å². The third-order valence-corrected chi connectivity index (χ3v) is 1.93. The standard InChI is InChI=1S/C12H12N2O3/c1-3-6-13-12(16)9(2)17-11-5-4-10(8-15)14-7-11/h1,4-5,7-9H,6H2,2H3,(H,13,16). The first-order chi connectivity index (χ1) is 8.17. The van der Waals surface area contributed by atoms with Crippen molar-refractivity contribution >= 4 is 12.2 Å². The number of terminal acetylenes is 1. The molecule has 17 heavy (non-hydrogen) atoms. The van der Waals surface area contributed by atoms with Crippen molar-refractivity contribution in [3.05, 3.63) is 24.0 Å². The van der Waals surface area contributed by atoms with Crippen LogP contribution in [0, 0.1) is 12.3 Å². The van der Waals surface area contributed by atoms with Crippen molar-refractivity contribution in [2.75, 3.05) is 6.54 Å². The minimum Gasteiger partial charge on any atom is -0.479 e. The molecule has 0 aliphatic heterocycles. The summed E-state index contributed by atoms with van der Waals surface area (Å²) in [5.74, 6) is 2.41. The van der Waals surface area contributed by atoms with Gasteiger partial charge in [-0.05, 0) is 19.1 Å². The molecule has 1 N–H and O–H groups in total. The van der Waals surface area contributed by atoms with E-state index in [2.05, 4.69) is 16.2 Å². The minimum absolute atomic E-state index is 0.162. The van der Waals surface area contributed by atoms with E-state index in [1.54, 1.807) is 13.0 Å². The zero-order valence-corrected chi connectivity index (χ0v) is 9.34. The second-order valence-electron chi connectivity index (χ2n) is 3.22. The number of carbonyl (C=O) groups excluding carboxylic acids is 2. The highest BCUT2D eigenvalue weighted by Crippen LogP contribution is 2.10. The van der Waals surface area contributed by atoms with E-state index in [1.807, 2.05) is 0 Å². The monoisotopic (exact) mass is 232 g/mol. The second-order valence-corrected chi connectivity index (χ2v) is 3.22. The lowest BCUT2D eigenvalue weighted by Crippen LogP contribution is -2.36. The molecule has 1 atom stereocenters. The number of aldehydes is 1. The molecule has 0 bridgehead atoms. The van der Waals surface area contributed by atoms with Crippen molar-refractivity contribution < 1.29 is 14.3 Å². The summed E-state index contributed by atoms with van der Waals surface area (Å²) in [6.07, 6.45) is 6.35. The fourth-order valence-electron chi connectivity index (χ4n) is 1.07. The molecule has 1 aromatic heterocycles. The van der Waals surface area contributed by atoms with Crippen molar-refractivity contribution in [1.29, 1.82) is 0 Å². The normalized spacial score (nSPS) is 11.1. The van der Waals surface area contributed by atoms with Crippen molar-refractivity contribution in [1.82, 2.24) is 10.3 Å². The predicted molar refractivity (Wildman–Crippen MR) is 61.6 cm³/mol. The number of nitrogens with zero attached hydrogens (tertiary/aromatic N) is 1. The molecule has 0 aliphatic carbocycles. The summed E-state index contributed by atoms with van der Waals surface area (Å²) < 4.78 is 5.31. The average Bonchev–Trinajstić information content (AvgIpc) is 2.36. The van der Waals surface area contributed by atoms with Gasteiger partial charge < -0.3 is 10.1 Å². The van der Waals surface area contributed by atoms with Gasteiger partial charge in [-0.3, -0.25) is 9.59 Å². The molecule has 0 radical (unpaired) electrons. The summed E-state index contributed by atoms with van der Waals surface area (Å²) in [6, 6.07) is 3.08. The second kappa shape index (κ2) is 6.28. The fourth-order valence-corrected chi connectivity index (χ4v) is 1.07. The summed E-state index contributed by atoms with van der Waals surface area (Å²) in [5.41, 5.74) is 0.307. The number of carbonyl (C=O) groups is 2. The van der Waals surface area contributed by atoms with Gasteiger partial charge in [0, 0.05) is 0 Å². The Morgan fingerprint density at radius 3 is 3.00 bits per heavy atom. The molecule has 0 aliphatic rings. The first kappa shape index (κ1) is 12.7. The Labute approximate surface area is 99.2 Å². The summed E-state index contributed by atoms with van der Waals surface area (Å²) >= 11 is 0. The summed E-state index contributed by atoms with van der Waals surface area (Å²) in [5, 5.41) is 2.50. The van der Waals surface area contributed by atoms with Gasteiger partial charge in [-0.15, -0.1) is 6.42 Å². The topological polar surface area (TPSA) is 68.3 Å². The maximum absolute atomic E-state index is 11.4. The third-order valence-electron chi connectivity index (χ3n) is 1.93. The molecule has 0 spiro atoms. The van der Waals surface area contributed by atoms with Crippen molar-refractivity contribution in [2.45, 2.75) is 13.0 Å². The van der Waals surface area contributed by atoms with E-state index >= 15 is 0 Å². The van der Waals surface area contributed by atoms with E-state index in [-0.39, 0.29) is 12.5 Å². The molecular weight excluding hydrogens is 220 g/mol. The number of pyridine rings is 1. The van der Waals surface area contributed by atoms with E-state index in [0.29, 0.717) is 17.7 Å². The van der Waals surface area contributed by atoms with E-state index in [4.69, 9.17) is 11.2 Å². The zero-order chi connectivity index (χ0) is 12.7. The van der Waals surface area contributed by atoms with Crippen LogP contribution in [0.15, 0.2) is 18.3 Å². The number of aromatic nitrogens is 1. The predicted octanol–water partition coefficient (Wildman–Crippen LogP) is 0.411. The summed E-state index contributed by atoms with van der Waals surface area (Å²) in [6.45, 7) is 1.76. The Morgan fingerprint density at radius 2 is 2.47 bits per heavy atom. The number of hydrogen-bond acceptors (Lipinski definition) is 4. The van der Waals surface area contributed by atoms with Crippen LogP contribution in [-0.4, -0.2) is 29.8 Å². The van der Waals surface area contributed by atoms with E-state index in [9.17, 15) is 9.59 Å². The van der Waals surface area contributed by atoms with Crippen LogP contribution in [0.5, 0.6) is 5.75 Å². The summed E-state index contributed by atoms with van der Waals surface area (Å²) in [4.78, 5) is 25.6. The molecule has 1 rings (SSSR count). The Morgan fingerprint density at radius 1 is 1.71 bits per heavy atom. The molecule has 1 amide bonds. The molecule has 0 saturated heterocycles. The molecule has 1 unspecified atom stereocenters. The molecule has 5 nitrogen and oxygen atoms in total. The van der Waals surface area contributed by atoms with E-state index in [0.717, 1.165) is 0 Å². The first-order valence-corrected chi connectivity index (χ1v) is 4.96. The fraction of sp³-hybridized carbons (Fsp3) is 0.250. The van der Waals surface area contributed by atoms with Gasteiger partial charge in [0.1, 0.15) is 11.4 Å². The molecule has 1 aromatic rings. The van der Waals surface area contributed by atoms with Crippen LogP contribution < -0.4 is 10.1 Å². The lowest BCUT2D eigenvalue weighted by Gasteiger charge is -2.13. The number of hydrogen-bond donors (Lipinski definition) is 1. The highest BCUT2D eigenvalue weighted by Gasteiger charge is 2.13. The number of amides is 1. The lowest BCUT2D eigenvalue weighted by molar-refractivity contribution is -0.127. The van der Waals surface area contributed by atoms with Gasteiger partial charge in [-0.25, -0.2) is 4.98 Å². The van der Waals surface area contributed by atoms with Crippen molar-refractivity contribution in [2.24, 2.45) is 0 Å². The Bertz CT molecular complexity index is 434. The van der Waals surface area contributed by atoms with Crippen LogP contribution in [0.2, 0.25) is 0 Å². The smallest absolute Gasteiger partial charge is 0.261 e. The van der Waals surface area contributed by atoms with Crippen molar-refractivity contribution in [3.8, 4) is 18.1 Å². The van der Waals surface area contributed by atoms with Gasteiger partial charge in [-0.1, -0.05) is 5.92 Å². The van der Waals surface area contributed by atoms with Crippen LogP contribution in [0.4, 0.5) is 0 Å². The van der Waals surface area contributed by atoms with Gasteiger partial charge in [0.2, 0.25) is 0 Å². The maximum Gasteiger partial charge on any atom is 0.261 e. The van der Waals surface area contributed by atoms with Crippen LogP contribution in [0.1, 0.15) is 17.4 Å². The highest BCUT2D eigenvalue weighted by molar-refractivity contribution is 5.80. The number of rotatable bonds is 5. The van der Waals surface area contributed by atoms with Gasteiger partial charge in [0.15, 0.2) is 12.4 Å². The zero-order valence-electron chi connectivity index (χ0n) is 9.34. The van der Waals surface area contributed by atoms with Gasteiger partial charge >= 0.3 is 0 Å². The van der Waals surface area contributed by atoms with Crippen LogP contribution in [0.3, 0.4) is 0 Å². The first-order valence-electron chi connectivity index (χ1n) is 4.96. The highest BCUT2D eigenvalue weighted by atomic mass is 16.5. The van der Waals surface area contributed by atoms with E-state index in [1.165, 1.54) is 12.3 Å². The molecule has 5 heteroatoms. The van der Waals surface area contributed by atoms with Gasteiger partial charge in [-0.2, -0.15) is 0 Å². The molecule has 88 valence electrons. The van der Waals surface area contributed by atoms with Crippen LogP contribution >= 0.6 is 0 Å². The Kier molecular flexibility index (Phi) is 4.70. The molecular formula is C12H12N2O3. The van der Waals surface area contributed by atoms with Gasteiger partial charge in [0.25, 0.3) is 5.91 Å². The number of ether oxygens (including phenoxy) is 1. The Balaban J connectivity index is 2.55. The van der Waals surface area contributed by atoms with E-state index < -0.39 is 6.10 Å². The lowest BCUT2D eigenvalue weighted by atomic mass is 10.3. The Hall–Kier alpha value is -2.35. The quantitative estimate of drug-likeness (QED) is 0.589. The van der Waals surface area contributed by atoms with Crippen LogP contribution in [0.25, 0.3) is 0 Å². The summed E-state index contributed by atoms with van der Waals surface area (Å²) in [7, 11) is 0. The minimum atomic E-state index is -0.674. The molecule has 0 saturated carbocycles.